The zero-order chi connectivity index (χ0) is 26.2. The van der Waals surface area contributed by atoms with Gasteiger partial charge in [-0.25, -0.2) is 9.29 Å². The fourth-order valence-electron chi connectivity index (χ4n) is 5.01. The van der Waals surface area contributed by atoms with Crippen molar-refractivity contribution in [3.05, 3.63) is 54.4 Å². The van der Waals surface area contributed by atoms with E-state index >= 15 is 0 Å². The molecular formula is C29H39N5O2S. The molecular weight excluding hydrogens is 482 g/mol. The lowest BCUT2D eigenvalue weighted by Crippen LogP contribution is -2.45. The van der Waals surface area contributed by atoms with Crippen LogP contribution in [0.4, 0.5) is 5.82 Å². The number of hydrogen-bond acceptors (Lipinski definition) is 8. The van der Waals surface area contributed by atoms with Crippen molar-refractivity contribution in [3.63, 3.8) is 0 Å². The highest BCUT2D eigenvalue weighted by Gasteiger charge is 2.23. The number of hydrogen-bond donors (Lipinski definition) is 1. The smallest absolute Gasteiger partial charge is 0.129 e. The molecule has 1 aromatic carbocycles. The summed E-state index contributed by atoms with van der Waals surface area (Å²) in [6, 6.07) is 15.1. The minimum atomic E-state index is 0.198. The first-order valence-corrected chi connectivity index (χ1v) is 14.3. The van der Waals surface area contributed by atoms with E-state index in [0.717, 1.165) is 59.0 Å². The van der Waals surface area contributed by atoms with Gasteiger partial charge in [0, 0.05) is 61.5 Å². The second-order valence-electron chi connectivity index (χ2n) is 9.85. The molecule has 198 valence electrons. The molecule has 0 amide bonds. The SMILES string of the molecule is CC1CN(c2cccc(-c3ccc4cnc(CC=O)cc4c3)n2)CC(C)O1.CNC1CCCN(SC)C1. The van der Waals surface area contributed by atoms with E-state index in [2.05, 4.69) is 77.0 Å². The van der Waals surface area contributed by atoms with Gasteiger partial charge >= 0.3 is 0 Å². The predicted molar refractivity (Wildman–Crippen MR) is 154 cm³/mol. The van der Waals surface area contributed by atoms with Gasteiger partial charge in [0.2, 0.25) is 0 Å². The van der Waals surface area contributed by atoms with Gasteiger partial charge < -0.3 is 19.7 Å². The fourth-order valence-corrected chi connectivity index (χ4v) is 5.65. The lowest BCUT2D eigenvalue weighted by atomic mass is 10.0. The lowest BCUT2D eigenvalue weighted by molar-refractivity contribution is -0.107. The van der Waals surface area contributed by atoms with Gasteiger partial charge in [0.1, 0.15) is 12.1 Å². The van der Waals surface area contributed by atoms with Crippen LogP contribution in [0.2, 0.25) is 0 Å². The number of nitrogens with zero attached hydrogens (tertiary/aromatic N) is 4. The van der Waals surface area contributed by atoms with Gasteiger partial charge in [-0.1, -0.05) is 30.1 Å². The largest absolute Gasteiger partial charge is 0.372 e. The van der Waals surface area contributed by atoms with Crippen molar-refractivity contribution in [2.75, 3.05) is 44.4 Å². The zero-order valence-corrected chi connectivity index (χ0v) is 23.2. The average molecular weight is 522 g/mol. The third-order valence-electron chi connectivity index (χ3n) is 6.90. The van der Waals surface area contributed by atoms with Crippen LogP contribution in [0.25, 0.3) is 22.0 Å². The van der Waals surface area contributed by atoms with Crippen molar-refractivity contribution < 1.29 is 9.53 Å². The summed E-state index contributed by atoms with van der Waals surface area (Å²) in [5.41, 5.74) is 2.78. The van der Waals surface area contributed by atoms with E-state index in [0.29, 0.717) is 6.42 Å². The maximum absolute atomic E-state index is 10.8. The van der Waals surface area contributed by atoms with Crippen LogP contribution in [-0.2, 0) is 16.0 Å². The van der Waals surface area contributed by atoms with Crippen molar-refractivity contribution in [1.82, 2.24) is 19.6 Å². The Balaban J connectivity index is 0.000000270. The summed E-state index contributed by atoms with van der Waals surface area (Å²) in [5.74, 6) is 0.978. The number of piperidine rings is 1. The number of nitrogens with one attached hydrogen (secondary N) is 1. The molecule has 5 rings (SSSR count). The second-order valence-corrected chi connectivity index (χ2v) is 10.7. The predicted octanol–water partition coefficient (Wildman–Crippen LogP) is 4.60. The molecule has 4 heterocycles. The molecule has 0 radical (unpaired) electrons. The van der Waals surface area contributed by atoms with E-state index < -0.39 is 0 Å². The molecule has 2 saturated heterocycles. The molecule has 0 spiro atoms. The monoisotopic (exact) mass is 521 g/mol. The normalized spacial score (nSPS) is 22.4. The Bertz CT molecular complexity index is 1160. The van der Waals surface area contributed by atoms with Crippen LogP contribution in [0.5, 0.6) is 0 Å². The minimum absolute atomic E-state index is 0.198. The van der Waals surface area contributed by atoms with E-state index in [-0.39, 0.29) is 12.2 Å². The van der Waals surface area contributed by atoms with Crippen molar-refractivity contribution in [1.29, 1.82) is 0 Å². The number of fused-ring (bicyclic) bond motifs is 1. The fraction of sp³-hybridized carbons (Fsp3) is 0.483. The van der Waals surface area contributed by atoms with Gasteiger partial charge in [-0.15, -0.1) is 0 Å². The second kappa shape index (κ2) is 13.3. The quantitative estimate of drug-likeness (QED) is 0.373. The molecule has 3 unspecified atom stereocenters. The van der Waals surface area contributed by atoms with E-state index in [1.54, 1.807) is 0 Å². The Kier molecular flexibility index (Phi) is 9.91. The Morgan fingerprint density at radius 3 is 2.65 bits per heavy atom. The zero-order valence-electron chi connectivity index (χ0n) is 22.4. The Labute approximate surface area is 225 Å². The van der Waals surface area contributed by atoms with Crippen molar-refractivity contribution >= 4 is 34.8 Å². The summed E-state index contributed by atoms with van der Waals surface area (Å²) in [5, 5.41) is 5.44. The molecule has 2 aromatic heterocycles. The molecule has 0 saturated carbocycles. The molecule has 0 aliphatic carbocycles. The number of rotatable bonds is 6. The molecule has 37 heavy (non-hydrogen) atoms. The highest BCUT2D eigenvalue weighted by Crippen LogP contribution is 2.26. The number of carbonyl (C=O) groups excluding carboxylic acids is 1. The van der Waals surface area contributed by atoms with Gasteiger partial charge in [0.25, 0.3) is 0 Å². The Hall–Kier alpha value is -2.52. The number of ether oxygens (including phenoxy) is 1. The standard InChI is InChI=1S/C22H23N3O2.C7H16N2S/c1-15-13-25(14-16(2)27-15)22-5-3-4-21(24-22)17-6-7-18-12-23-20(8-9-26)11-19(18)10-17;1-8-7-4-3-5-9(6-7)10-2/h3-7,9-12,15-16H,8,13-14H2,1-2H3;7-8H,3-6H2,1-2H3. The maximum Gasteiger partial charge on any atom is 0.129 e. The van der Waals surface area contributed by atoms with Gasteiger partial charge in [-0.05, 0) is 69.6 Å². The topological polar surface area (TPSA) is 70.6 Å². The van der Waals surface area contributed by atoms with Crippen LogP contribution >= 0.6 is 11.9 Å². The molecule has 3 atom stereocenters. The molecule has 1 N–H and O–H groups in total. The van der Waals surface area contributed by atoms with Crippen LogP contribution < -0.4 is 10.2 Å². The first kappa shape index (κ1) is 27.5. The molecule has 2 fully saturated rings. The Morgan fingerprint density at radius 2 is 1.92 bits per heavy atom. The highest BCUT2D eigenvalue weighted by molar-refractivity contribution is 7.96. The summed E-state index contributed by atoms with van der Waals surface area (Å²) in [7, 11) is 2.05. The Morgan fingerprint density at radius 1 is 1.11 bits per heavy atom. The number of aromatic nitrogens is 2. The first-order valence-electron chi connectivity index (χ1n) is 13.2. The van der Waals surface area contributed by atoms with Crippen LogP contribution in [0.15, 0.2) is 48.7 Å². The molecule has 3 aromatic rings. The van der Waals surface area contributed by atoms with Gasteiger partial charge in [0.05, 0.1) is 17.9 Å². The number of carbonyl (C=O) groups is 1. The summed E-state index contributed by atoms with van der Waals surface area (Å²) in [6.45, 7) is 8.36. The summed E-state index contributed by atoms with van der Waals surface area (Å²) in [4.78, 5) is 22.3. The van der Waals surface area contributed by atoms with Crippen LogP contribution in [-0.4, -0.2) is 78.3 Å². The average Bonchev–Trinajstić information content (AvgIpc) is 2.93. The first-order chi connectivity index (χ1) is 18.0. The van der Waals surface area contributed by atoms with Gasteiger partial charge in [-0.2, -0.15) is 0 Å². The number of aldehydes is 1. The van der Waals surface area contributed by atoms with Crippen LogP contribution in [0, 0.1) is 0 Å². The van der Waals surface area contributed by atoms with Crippen LogP contribution in [0.3, 0.4) is 0 Å². The van der Waals surface area contributed by atoms with Crippen molar-refractivity contribution in [3.8, 4) is 11.3 Å². The van der Waals surface area contributed by atoms with E-state index in [1.807, 2.05) is 30.3 Å². The lowest BCUT2D eigenvalue weighted by Gasteiger charge is -2.36. The summed E-state index contributed by atoms with van der Waals surface area (Å²) in [6.07, 6.45) is 8.26. The molecule has 0 bridgehead atoms. The summed E-state index contributed by atoms with van der Waals surface area (Å²) >= 11 is 1.86. The molecule has 7 nitrogen and oxygen atoms in total. The summed E-state index contributed by atoms with van der Waals surface area (Å²) < 4.78 is 8.25. The molecule has 8 heteroatoms. The number of likely N-dealkylation sites (N-methyl/N-ethyl adjacent to an activating group) is 1. The van der Waals surface area contributed by atoms with E-state index in [1.165, 1.54) is 25.9 Å². The molecule has 2 aliphatic rings. The van der Waals surface area contributed by atoms with Crippen molar-refractivity contribution in [2.45, 2.75) is 51.4 Å². The number of benzene rings is 1. The van der Waals surface area contributed by atoms with E-state index in [4.69, 9.17) is 9.72 Å². The minimum Gasteiger partial charge on any atom is -0.372 e. The van der Waals surface area contributed by atoms with Crippen molar-refractivity contribution in [2.24, 2.45) is 0 Å². The third kappa shape index (κ3) is 7.51. The number of anilines is 1. The van der Waals surface area contributed by atoms with Gasteiger partial charge in [0.15, 0.2) is 0 Å². The van der Waals surface area contributed by atoms with Crippen LogP contribution in [0.1, 0.15) is 32.4 Å². The maximum atomic E-state index is 10.8. The highest BCUT2D eigenvalue weighted by atomic mass is 32.2. The van der Waals surface area contributed by atoms with E-state index in [9.17, 15) is 4.79 Å². The third-order valence-corrected chi connectivity index (χ3v) is 7.74. The number of morpholine rings is 1. The van der Waals surface area contributed by atoms with Gasteiger partial charge in [-0.3, -0.25) is 4.98 Å². The molecule has 2 aliphatic heterocycles. The number of pyridine rings is 2.